The molecule has 7 nitrogen and oxygen atoms in total. The SMILES string of the molecule is CCCCCO[C@H]1O[C@@H](CO)[C@@H](O)[C@@H](O)[C@@H]1NC(C)=O. The van der Waals surface area contributed by atoms with Crippen LogP contribution in [0.4, 0.5) is 0 Å². The highest BCUT2D eigenvalue weighted by Gasteiger charge is 2.45. The van der Waals surface area contributed by atoms with E-state index >= 15 is 0 Å². The first-order valence-electron chi connectivity index (χ1n) is 7.02. The Labute approximate surface area is 118 Å². The molecule has 1 fully saturated rings. The van der Waals surface area contributed by atoms with Crippen molar-refractivity contribution >= 4 is 5.91 Å². The lowest BCUT2D eigenvalue weighted by molar-refractivity contribution is -0.270. The summed E-state index contributed by atoms with van der Waals surface area (Å²) in [5, 5.41) is 31.5. The number of unbranched alkanes of at least 4 members (excludes halogenated alkanes) is 2. The Balaban J connectivity index is 2.65. The molecule has 20 heavy (non-hydrogen) atoms. The second kappa shape index (κ2) is 8.53. The lowest BCUT2D eigenvalue weighted by Gasteiger charge is -2.42. The van der Waals surface area contributed by atoms with E-state index in [0.717, 1.165) is 19.3 Å². The molecule has 1 saturated heterocycles. The topological polar surface area (TPSA) is 108 Å². The Kier molecular flexibility index (Phi) is 7.39. The average molecular weight is 291 g/mol. The minimum atomic E-state index is -1.27. The number of carbonyl (C=O) groups is 1. The Bertz CT molecular complexity index is 301. The Morgan fingerprint density at radius 3 is 2.55 bits per heavy atom. The van der Waals surface area contributed by atoms with Crippen LogP contribution in [0.5, 0.6) is 0 Å². The predicted octanol–water partition coefficient (Wildman–Crippen LogP) is -0.863. The molecule has 0 spiro atoms. The zero-order chi connectivity index (χ0) is 15.1. The number of aliphatic hydroxyl groups excluding tert-OH is 3. The number of rotatable bonds is 7. The molecule has 0 unspecified atom stereocenters. The van der Waals surface area contributed by atoms with E-state index in [9.17, 15) is 15.0 Å². The van der Waals surface area contributed by atoms with Gasteiger partial charge in [-0.1, -0.05) is 19.8 Å². The zero-order valence-corrected chi connectivity index (χ0v) is 12.0. The van der Waals surface area contributed by atoms with Gasteiger partial charge in [0.05, 0.1) is 6.61 Å². The largest absolute Gasteiger partial charge is 0.394 e. The minimum Gasteiger partial charge on any atom is -0.394 e. The van der Waals surface area contributed by atoms with Crippen molar-refractivity contribution in [1.29, 1.82) is 0 Å². The van der Waals surface area contributed by atoms with Gasteiger partial charge in [-0.15, -0.1) is 0 Å². The summed E-state index contributed by atoms with van der Waals surface area (Å²) in [4.78, 5) is 11.2. The molecule has 0 aromatic heterocycles. The summed E-state index contributed by atoms with van der Waals surface area (Å²) in [6, 6.07) is -0.855. The molecular weight excluding hydrogens is 266 g/mol. The first-order valence-corrected chi connectivity index (χ1v) is 7.02. The van der Waals surface area contributed by atoms with Gasteiger partial charge in [0, 0.05) is 13.5 Å². The second-order valence-corrected chi connectivity index (χ2v) is 5.01. The van der Waals surface area contributed by atoms with Crippen LogP contribution in [0.2, 0.25) is 0 Å². The van der Waals surface area contributed by atoms with Gasteiger partial charge < -0.3 is 30.1 Å². The Morgan fingerprint density at radius 2 is 2.00 bits per heavy atom. The van der Waals surface area contributed by atoms with E-state index in [-0.39, 0.29) is 5.91 Å². The maximum Gasteiger partial charge on any atom is 0.217 e. The van der Waals surface area contributed by atoms with Crippen LogP contribution in [0.15, 0.2) is 0 Å². The highest BCUT2D eigenvalue weighted by atomic mass is 16.7. The smallest absolute Gasteiger partial charge is 0.217 e. The fraction of sp³-hybridized carbons (Fsp3) is 0.923. The zero-order valence-electron chi connectivity index (χ0n) is 12.0. The van der Waals surface area contributed by atoms with E-state index in [1.807, 2.05) is 0 Å². The molecular formula is C13H25NO6. The highest BCUT2D eigenvalue weighted by Crippen LogP contribution is 2.22. The van der Waals surface area contributed by atoms with Gasteiger partial charge in [0.1, 0.15) is 24.4 Å². The third-order valence-corrected chi connectivity index (χ3v) is 3.28. The van der Waals surface area contributed by atoms with E-state index in [0.29, 0.717) is 6.61 Å². The van der Waals surface area contributed by atoms with Crippen LogP contribution in [0.1, 0.15) is 33.1 Å². The van der Waals surface area contributed by atoms with Gasteiger partial charge in [-0.3, -0.25) is 4.79 Å². The fourth-order valence-corrected chi connectivity index (χ4v) is 2.16. The molecule has 118 valence electrons. The summed E-state index contributed by atoms with van der Waals surface area (Å²) in [7, 11) is 0. The molecule has 0 aliphatic carbocycles. The normalized spacial score (nSPS) is 34.0. The van der Waals surface area contributed by atoms with Crippen molar-refractivity contribution in [3.63, 3.8) is 0 Å². The monoisotopic (exact) mass is 291 g/mol. The van der Waals surface area contributed by atoms with E-state index in [1.165, 1.54) is 6.92 Å². The number of hydrogen-bond donors (Lipinski definition) is 4. The summed E-state index contributed by atoms with van der Waals surface area (Å²) >= 11 is 0. The van der Waals surface area contributed by atoms with Crippen molar-refractivity contribution in [2.45, 2.75) is 63.8 Å². The molecule has 1 aliphatic heterocycles. The minimum absolute atomic E-state index is 0.352. The summed E-state index contributed by atoms with van der Waals surface area (Å²) < 4.78 is 10.9. The molecule has 1 heterocycles. The predicted molar refractivity (Wildman–Crippen MR) is 70.8 cm³/mol. The molecule has 0 bridgehead atoms. The molecule has 5 atom stereocenters. The number of amides is 1. The molecule has 4 N–H and O–H groups in total. The van der Waals surface area contributed by atoms with Crippen molar-refractivity contribution < 1.29 is 29.6 Å². The van der Waals surface area contributed by atoms with Gasteiger partial charge in [0.15, 0.2) is 6.29 Å². The lowest BCUT2D eigenvalue weighted by Crippen LogP contribution is -2.64. The third kappa shape index (κ3) is 4.68. The van der Waals surface area contributed by atoms with Gasteiger partial charge in [-0.25, -0.2) is 0 Å². The first-order chi connectivity index (χ1) is 9.51. The number of nitrogens with one attached hydrogen (secondary N) is 1. The van der Waals surface area contributed by atoms with Gasteiger partial charge in [0.2, 0.25) is 5.91 Å². The van der Waals surface area contributed by atoms with Crippen LogP contribution < -0.4 is 5.32 Å². The Hall–Kier alpha value is -0.730. The molecule has 0 aromatic rings. The van der Waals surface area contributed by atoms with Crippen molar-refractivity contribution in [2.24, 2.45) is 0 Å². The lowest BCUT2D eigenvalue weighted by atomic mass is 9.97. The van der Waals surface area contributed by atoms with Crippen LogP contribution in [0, 0.1) is 0 Å². The van der Waals surface area contributed by atoms with Crippen molar-refractivity contribution in [3.8, 4) is 0 Å². The van der Waals surface area contributed by atoms with Gasteiger partial charge in [-0.2, -0.15) is 0 Å². The molecule has 1 aliphatic rings. The van der Waals surface area contributed by atoms with Gasteiger partial charge in [0.25, 0.3) is 0 Å². The summed E-state index contributed by atoms with van der Waals surface area (Å²) in [6.07, 6.45) is -1.44. The number of ether oxygens (including phenoxy) is 2. The van der Waals surface area contributed by atoms with E-state index in [1.54, 1.807) is 0 Å². The summed E-state index contributed by atoms with van der Waals surface area (Å²) in [5.41, 5.74) is 0. The number of carbonyl (C=O) groups excluding carboxylic acids is 1. The van der Waals surface area contributed by atoms with Crippen LogP contribution in [-0.4, -0.2) is 65.1 Å². The maximum atomic E-state index is 11.2. The first kappa shape index (κ1) is 17.3. The highest BCUT2D eigenvalue weighted by molar-refractivity contribution is 5.73. The standard InChI is InChI=1S/C13H25NO6/c1-3-4-5-6-19-13-10(14-8(2)16)12(18)11(17)9(7-15)20-13/h9-13,15,17-18H,3-7H2,1-2H3,(H,14,16)/t9-,10-,11+,12-,13-/m0/s1. The molecule has 1 amide bonds. The number of aliphatic hydroxyl groups is 3. The van der Waals surface area contributed by atoms with Crippen molar-refractivity contribution in [1.82, 2.24) is 5.32 Å². The molecule has 1 rings (SSSR count). The second-order valence-electron chi connectivity index (χ2n) is 5.01. The van der Waals surface area contributed by atoms with E-state index in [2.05, 4.69) is 12.2 Å². The molecule has 7 heteroatoms. The average Bonchev–Trinajstić information content (AvgIpc) is 2.41. The summed E-state index contributed by atoms with van der Waals surface area (Å²) in [5.74, 6) is -0.352. The molecule has 0 aromatic carbocycles. The van der Waals surface area contributed by atoms with Crippen molar-refractivity contribution in [2.75, 3.05) is 13.2 Å². The van der Waals surface area contributed by atoms with E-state index < -0.39 is 37.3 Å². The Morgan fingerprint density at radius 1 is 1.30 bits per heavy atom. The van der Waals surface area contributed by atoms with Crippen LogP contribution >= 0.6 is 0 Å². The molecule has 0 radical (unpaired) electrons. The van der Waals surface area contributed by atoms with Crippen LogP contribution in [0.3, 0.4) is 0 Å². The maximum absolute atomic E-state index is 11.2. The van der Waals surface area contributed by atoms with Crippen LogP contribution in [-0.2, 0) is 14.3 Å². The van der Waals surface area contributed by atoms with Gasteiger partial charge >= 0.3 is 0 Å². The van der Waals surface area contributed by atoms with Crippen molar-refractivity contribution in [3.05, 3.63) is 0 Å². The van der Waals surface area contributed by atoms with Gasteiger partial charge in [-0.05, 0) is 6.42 Å². The number of hydrogen-bond acceptors (Lipinski definition) is 6. The van der Waals surface area contributed by atoms with Crippen LogP contribution in [0.25, 0.3) is 0 Å². The summed E-state index contributed by atoms with van der Waals surface area (Å²) in [6.45, 7) is 3.37. The van der Waals surface area contributed by atoms with E-state index in [4.69, 9.17) is 14.6 Å². The fourth-order valence-electron chi connectivity index (χ4n) is 2.16. The quantitative estimate of drug-likeness (QED) is 0.454. The molecule has 0 saturated carbocycles. The third-order valence-electron chi connectivity index (χ3n) is 3.28.